The number of alkyl halides is 1. The Hall–Kier alpha value is -1.34. The first kappa shape index (κ1) is 17.7. The standard InChI is InChI=1S/C14H20BrNO5/c1-14(2,3)21-6-5-20-13-8-11(16(17)18)10(9-15)7-12(13)19-4/h7-8H,5-6,9H2,1-4H3. The molecular formula is C14H20BrNO5. The highest BCUT2D eigenvalue weighted by molar-refractivity contribution is 9.08. The molecule has 0 saturated heterocycles. The number of nitro benzene ring substituents is 1. The van der Waals surface area contributed by atoms with Crippen molar-refractivity contribution in [1.29, 1.82) is 0 Å². The Kier molecular flexibility index (Phi) is 6.42. The van der Waals surface area contributed by atoms with Gasteiger partial charge in [-0.1, -0.05) is 15.9 Å². The summed E-state index contributed by atoms with van der Waals surface area (Å²) in [6, 6.07) is 2.99. The number of benzene rings is 1. The van der Waals surface area contributed by atoms with Gasteiger partial charge in [-0.25, -0.2) is 0 Å². The van der Waals surface area contributed by atoms with Crippen molar-refractivity contribution in [1.82, 2.24) is 0 Å². The van der Waals surface area contributed by atoms with Crippen molar-refractivity contribution in [2.24, 2.45) is 0 Å². The smallest absolute Gasteiger partial charge is 0.277 e. The third-order valence-corrected chi connectivity index (χ3v) is 3.19. The van der Waals surface area contributed by atoms with E-state index in [9.17, 15) is 10.1 Å². The van der Waals surface area contributed by atoms with Gasteiger partial charge in [0.05, 0.1) is 30.3 Å². The van der Waals surface area contributed by atoms with Crippen LogP contribution in [-0.4, -0.2) is 30.8 Å². The number of ether oxygens (including phenoxy) is 3. The van der Waals surface area contributed by atoms with Crippen LogP contribution in [0.4, 0.5) is 5.69 Å². The fourth-order valence-corrected chi connectivity index (χ4v) is 2.09. The molecule has 1 aromatic carbocycles. The molecule has 0 aliphatic heterocycles. The Labute approximate surface area is 132 Å². The quantitative estimate of drug-likeness (QED) is 0.320. The lowest BCUT2D eigenvalue weighted by Crippen LogP contribution is -2.22. The lowest BCUT2D eigenvalue weighted by molar-refractivity contribution is -0.385. The van der Waals surface area contributed by atoms with Gasteiger partial charge in [-0.2, -0.15) is 0 Å². The van der Waals surface area contributed by atoms with Gasteiger partial charge in [0.15, 0.2) is 11.5 Å². The minimum atomic E-state index is -0.436. The van der Waals surface area contributed by atoms with Gasteiger partial charge < -0.3 is 14.2 Å². The van der Waals surface area contributed by atoms with Crippen LogP contribution in [0.3, 0.4) is 0 Å². The molecule has 0 heterocycles. The van der Waals surface area contributed by atoms with Gasteiger partial charge in [-0.3, -0.25) is 10.1 Å². The molecule has 1 rings (SSSR count). The maximum absolute atomic E-state index is 11.1. The van der Waals surface area contributed by atoms with Crippen molar-refractivity contribution >= 4 is 21.6 Å². The number of methoxy groups -OCH3 is 1. The van der Waals surface area contributed by atoms with Crippen molar-refractivity contribution in [2.75, 3.05) is 20.3 Å². The summed E-state index contributed by atoms with van der Waals surface area (Å²) in [5, 5.41) is 11.4. The Bertz CT molecular complexity index is 499. The normalized spacial score (nSPS) is 11.3. The first-order valence-electron chi connectivity index (χ1n) is 6.46. The van der Waals surface area contributed by atoms with E-state index < -0.39 is 4.92 Å². The molecule has 0 radical (unpaired) electrons. The molecule has 21 heavy (non-hydrogen) atoms. The van der Waals surface area contributed by atoms with Crippen molar-refractivity contribution in [3.05, 3.63) is 27.8 Å². The number of rotatable bonds is 7. The largest absolute Gasteiger partial charge is 0.493 e. The van der Waals surface area contributed by atoms with Crippen LogP contribution in [0.5, 0.6) is 11.5 Å². The van der Waals surface area contributed by atoms with E-state index in [4.69, 9.17) is 14.2 Å². The second-order valence-corrected chi connectivity index (χ2v) is 5.89. The molecule has 1 aromatic rings. The monoisotopic (exact) mass is 361 g/mol. The van der Waals surface area contributed by atoms with Crippen LogP contribution in [-0.2, 0) is 10.1 Å². The van der Waals surface area contributed by atoms with Crippen LogP contribution in [0.1, 0.15) is 26.3 Å². The predicted octanol–water partition coefficient (Wildman–Crippen LogP) is 3.69. The fraction of sp³-hybridized carbons (Fsp3) is 0.571. The number of nitro groups is 1. The summed E-state index contributed by atoms with van der Waals surface area (Å²) >= 11 is 3.23. The molecule has 0 spiro atoms. The summed E-state index contributed by atoms with van der Waals surface area (Å²) in [6.07, 6.45) is 0. The van der Waals surface area contributed by atoms with Crippen LogP contribution in [0.15, 0.2) is 12.1 Å². The van der Waals surface area contributed by atoms with E-state index in [1.54, 1.807) is 6.07 Å². The molecule has 0 saturated carbocycles. The van der Waals surface area contributed by atoms with Gasteiger partial charge >= 0.3 is 0 Å². The summed E-state index contributed by atoms with van der Waals surface area (Å²) in [5.74, 6) is 0.803. The van der Waals surface area contributed by atoms with E-state index in [0.717, 1.165) is 0 Å². The summed E-state index contributed by atoms with van der Waals surface area (Å²) < 4.78 is 16.3. The first-order chi connectivity index (χ1) is 9.78. The Morgan fingerprint density at radius 3 is 2.38 bits per heavy atom. The average Bonchev–Trinajstić information content (AvgIpc) is 2.41. The van der Waals surface area contributed by atoms with E-state index in [-0.39, 0.29) is 11.3 Å². The summed E-state index contributed by atoms with van der Waals surface area (Å²) in [6.45, 7) is 6.52. The molecule has 0 fully saturated rings. The second kappa shape index (κ2) is 7.61. The van der Waals surface area contributed by atoms with E-state index in [0.29, 0.717) is 35.6 Å². The summed E-state index contributed by atoms with van der Waals surface area (Å²) in [5.41, 5.74) is 0.286. The van der Waals surface area contributed by atoms with Gasteiger partial charge in [-0.05, 0) is 26.8 Å². The number of hydrogen-bond acceptors (Lipinski definition) is 5. The molecule has 118 valence electrons. The highest BCUT2D eigenvalue weighted by atomic mass is 79.9. The zero-order chi connectivity index (χ0) is 16.0. The van der Waals surface area contributed by atoms with E-state index in [2.05, 4.69) is 15.9 Å². The molecule has 0 aliphatic carbocycles. The molecule has 0 N–H and O–H groups in total. The van der Waals surface area contributed by atoms with Crippen LogP contribution < -0.4 is 9.47 Å². The zero-order valence-electron chi connectivity index (χ0n) is 12.6. The van der Waals surface area contributed by atoms with Crippen molar-refractivity contribution in [2.45, 2.75) is 31.7 Å². The second-order valence-electron chi connectivity index (χ2n) is 5.33. The molecule has 0 amide bonds. The SMILES string of the molecule is COc1cc(CBr)c([N+](=O)[O-])cc1OCCOC(C)(C)C. The van der Waals surface area contributed by atoms with Crippen molar-refractivity contribution < 1.29 is 19.1 Å². The van der Waals surface area contributed by atoms with Crippen LogP contribution in [0.25, 0.3) is 0 Å². The van der Waals surface area contributed by atoms with Crippen LogP contribution >= 0.6 is 15.9 Å². The molecule has 0 aliphatic rings. The van der Waals surface area contributed by atoms with Gasteiger partial charge in [-0.15, -0.1) is 0 Å². The van der Waals surface area contributed by atoms with Crippen molar-refractivity contribution in [3.8, 4) is 11.5 Å². The first-order valence-corrected chi connectivity index (χ1v) is 7.58. The van der Waals surface area contributed by atoms with Crippen molar-refractivity contribution in [3.63, 3.8) is 0 Å². The van der Waals surface area contributed by atoms with Crippen LogP contribution in [0.2, 0.25) is 0 Å². The molecule has 0 unspecified atom stereocenters. The molecule has 0 atom stereocenters. The highest BCUT2D eigenvalue weighted by Crippen LogP contribution is 2.35. The fourth-order valence-electron chi connectivity index (χ4n) is 1.64. The van der Waals surface area contributed by atoms with Gasteiger partial charge in [0.1, 0.15) is 6.61 Å². The van der Waals surface area contributed by atoms with E-state index in [1.165, 1.54) is 13.2 Å². The van der Waals surface area contributed by atoms with Gasteiger partial charge in [0.25, 0.3) is 5.69 Å². The minimum absolute atomic E-state index is 0.000542. The van der Waals surface area contributed by atoms with Gasteiger partial charge in [0.2, 0.25) is 0 Å². The van der Waals surface area contributed by atoms with E-state index in [1.807, 2.05) is 20.8 Å². The third-order valence-electron chi connectivity index (χ3n) is 2.58. The number of hydrogen-bond donors (Lipinski definition) is 0. The average molecular weight is 362 g/mol. The maximum atomic E-state index is 11.1. The molecule has 7 heteroatoms. The lowest BCUT2D eigenvalue weighted by Gasteiger charge is -2.20. The Balaban J connectivity index is 2.85. The summed E-state index contributed by atoms with van der Waals surface area (Å²) in [4.78, 5) is 10.6. The third kappa shape index (κ3) is 5.51. The lowest BCUT2D eigenvalue weighted by atomic mass is 10.2. The maximum Gasteiger partial charge on any atom is 0.277 e. The predicted molar refractivity (Wildman–Crippen MR) is 83.5 cm³/mol. The highest BCUT2D eigenvalue weighted by Gasteiger charge is 2.19. The van der Waals surface area contributed by atoms with Crippen LogP contribution in [0, 0.1) is 10.1 Å². The minimum Gasteiger partial charge on any atom is -0.493 e. The van der Waals surface area contributed by atoms with Gasteiger partial charge in [0, 0.05) is 10.9 Å². The molecule has 0 bridgehead atoms. The number of nitrogens with zero attached hydrogens (tertiary/aromatic N) is 1. The molecular weight excluding hydrogens is 342 g/mol. The zero-order valence-corrected chi connectivity index (χ0v) is 14.2. The van der Waals surface area contributed by atoms with E-state index >= 15 is 0 Å². The Morgan fingerprint density at radius 2 is 1.90 bits per heavy atom. The summed E-state index contributed by atoms with van der Waals surface area (Å²) in [7, 11) is 1.50. The molecule has 6 nitrogen and oxygen atoms in total. The molecule has 0 aromatic heterocycles. The number of halogens is 1. The topological polar surface area (TPSA) is 70.8 Å². The Morgan fingerprint density at radius 1 is 1.24 bits per heavy atom.